The standard InChI is InChI=1S/C18H18N2O/c1-2-16(13-7-4-3-5-8-13)20-18(21)15-9-6-10-17-14(15)11-12-19-17/h3-12,16,19H,2H2,1H3,(H,20,21)/t16-/m1/s1. The van der Waals surface area contributed by atoms with Gasteiger partial charge in [0.1, 0.15) is 0 Å². The summed E-state index contributed by atoms with van der Waals surface area (Å²) in [5.41, 5.74) is 2.83. The number of fused-ring (bicyclic) bond motifs is 1. The summed E-state index contributed by atoms with van der Waals surface area (Å²) in [7, 11) is 0. The molecule has 0 aliphatic heterocycles. The lowest BCUT2D eigenvalue weighted by atomic mass is 10.0. The molecule has 2 N–H and O–H groups in total. The topological polar surface area (TPSA) is 44.9 Å². The van der Waals surface area contributed by atoms with Gasteiger partial charge in [0.25, 0.3) is 5.91 Å². The number of aromatic amines is 1. The Balaban J connectivity index is 1.87. The van der Waals surface area contributed by atoms with Crippen LogP contribution in [0.25, 0.3) is 10.9 Å². The third-order valence-corrected chi connectivity index (χ3v) is 3.76. The summed E-state index contributed by atoms with van der Waals surface area (Å²) in [6.45, 7) is 2.08. The summed E-state index contributed by atoms with van der Waals surface area (Å²) in [6, 6.07) is 17.8. The van der Waals surface area contributed by atoms with Gasteiger partial charge in [-0.05, 0) is 30.2 Å². The van der Waals surface area contributed by atoms with Crippen molar-refractivity contribution in [2.45, 2.75) is 19.4 Å². The van der Waals surface area contributed by atoms with Crippen LogP contribution < -0.4 is 5.32 Å². The fourth-order valence-electron chi connectivity index (χ4n) is 2.63. The van der Waals surface area contributed by atoms with E-state index in [4.69, 9.17) is 0 Å². The van der Waals surface area contributed by atoms with Crippen molar-refractivity contribution in [3.63, 3.8) is 0 Å². The van der Waals surface area contributed by atoms with Crippen LogP contribution in [0, 0.1) is 0 Å². The Hall–Kier alpha value is -2.55. The molecule has 1 atom stereocenters. The van der Waals surface area contributed by atoms with E-state index in [0.29, 0.717) is 5.56 Å². The number of aromatic nitrogens is 1. The molecule has 0 fully saturated rings. The van der Waals surface area contributed by atoms with Gasteiger partial charge in [0.2, 0.25) is 0 Å². The number of rotatable bonds is 4. The molecule has 0 aliphatic rings. The number of amides is 1. The molecule has 0 saturated carbocycles. The third kappa shape index (κ3) is 2.68. The van der Waals surface area contributed by atoms with Crippen molar-refractivity contribution in [1.29, 1.82) is 0 Å². The van der Waals surface area contributed by atoms with Crippen molar-refractivity contribution in [1.82, 2.24) is 10.3 Å². The number of H-pyrrole nitrogens is 1. The Bertz CT molecular complexity index is 746. The first kappa shape index (κ1) is 13.4. The van der Waals surface area contributed by atoms with Crippen LogP contribution in [0.3, 0.4) is 0 Å². The first-order valence-electron chi connectivity index (χ1n) is 7.21. The fourth-order valence-corrected chi connectivity index (χ4v) is 2.63. The number of benzene rings is 2. The van der Waals surface area contributed by atoms with Crippen LogP contribution in [0.4, 0.5) is 0 Å². The molecule has 106 valence electrons. The summed E-state index contributed by atoms with van der Waals surface area (Å²) in [5, 5.41) is 4.08. The highest BCUT2D eigenvalue weighted by molar-refractivity contribution is 6.06. The van der Waals surface area contributed by atoms with E-state index in [2.05, 4.69) is 17.2 Å². The lowest BCUT2D eigenvalue weighted by Crippen LogP contribution is -2.28. The van der Waals surface area contributed by atoms with E-state index in [1.165, 1.54) is 0 Å². The molecule has 3 heteroatoms. The van der Waals surface area contributed by atoms with Crippen molar-refractivity contribution >= 4 is 16.8 Å². The summed E-state index contributed by atoms with van der Waals surface area (Å²) in [4.78, 5) is 15.7. The average Bonchev–Trinajstić information content (AvgIpc) is 3.01. The molecule has 0 saturated heterocycles. The van der Waals surface area contributed by atoms with E-state index in [0.717, 1.165) is 22.9 Å². The zero-order valence-corrected chi connectivity index (χ0v) is 12.0. The number of carbonyl (C=O) groups excluding carboxylic acids is 1. The highest BCUT2D eigenvalue weighted by Gasteiger charge is 2.15. The van der Waals surface area contributed by atoms with Crippen LogP contribution in [0.15, 0.2) is 60.8 Å². The molecule has 0 bridgehead atoms. The minimum atomic E-state index is -0.0316. The molecule has 21 heavy (non-hydrogen) atoms. The first-order chi connectivity index (χ1) is 10.3. The first-order valence-corrected chi connectivity index (χ1v) is 7.21. The van der Waals surface area contributed by atoms with Crippen LogP contribution in [-0.2, 0) is 0 Å². The van der Waals surface area contributed by atoms with Gasteiger partial charge in [-0.1, -0.05) is 43.3 Å². The smallest absolute Gasteiger partial charge is 0.252 e. The van der Waals surface area contributed by atoms with Gasteiger partial charge in [-0.15, -0.1) is 0 Å². The van der Waals surface area contributed by atoms with Gasteiger partial charge in [0.05, 0.1) is 6.04 Å². The van der Waals surface area contributed by atoms with Crippen LogP contribution in [0.2, 0.25) is 0 Å². The predicted molar refractivity (Wildman–Crippen MR) is 85.2 cm³/mol. The number of nitrogens with one attached hydrogen (secondary N) is 2. The molecule has 1 heterocycles. The van der Waals surface area contributed by atoms with Crippen LogP contribution in [0.5, 0.6) is 0 Å². The summed E-state index contributed by atoms with van der Waals surface area (Å²) in [6.07, 6.45) is 2.72. The van der Waals surface area contributed by atoms with E-state index < -0.39 is 0 Å². The monoisotopic (exact) mass is 278 g/mol. The van der Waals surface area contributed by atoms with Crippen molar-refractivity contribution in [2.24, 2.45) is 0 Å². The normalized spacial score (nSPS) is 12.2. The molecule has 3 nitrogen and oxygen atoms in total. The van der Waals surface area contributed by atoms with E-state index in [9.17, 15) is 4.79 Å². The number of hydrogen-bond donors (Lipinski definition) is 2. The predicted octanol–water partition coefficient (Wildman–Crippen LogP) is 4.05. The maximum absolute atomic E-state index is 12.6. The van der Waals surface area contributed by atoms with Gasteiger partial charge in [-0.3, -0.25) is 4.79 Å². The Morgan fingerprint density at radius 2 is 1.90 bits per heavy atom. The zero-order chi connectivity index (χ0) is 14.7. The molecular weight excluding hydrogens is 260 g/mol. The lowest BCUT2D eigenvalue weighted by molar-refractivity contribution is 0.0937. The highest BCUT2D eigenvalue weighted by Crippen LogP contribution is 2.20. The van der Waals surface area contributed by atoms with Crippen molar-refractivity contribution in [2.75, 3.05) is 0 Å². The molecule has 0 aliphatic carbocycles. The zero-order valence-electron chi connectivity index (χ0n) is 12.0. The van der Waals surface area contributed by atoms with Crippen molar-refractivity contribution in [3.8, 4) is 0 Å². The summed E-state index contributed by atoms with van der Waals surface area (Å²) >= 11 is 0. The van der Waals surface area contributed by atoms with Gasteiger partial charge < -0.3 is 10.3 Å². The Morgan fingerprint density at radius 3 is 2.67 bits per heavy atom. The van der Waals surface area contributed by atoms with E-state index in [1.54, 1.807) is 0 Å². The van der Waals surface area contributed by atoms with Crippen LogP contribution >= 0.6 is 0 Å². The van der Waals surface area contributed by atoms with Gasteiger partial charge in [-0.25, -0.2) is 0 Å². The Kier molecular flexibility index (Phi) is 3.73. The minimum absolute atomic E-state index is 0.0316. The van der Waals surface area contributed by atoms with Gasteiger partial charge in [0.15, 0.2) is 0 Å². The molecule has 3 aromatic rings. The third-order valence-electron chi connectivity index (χ3n) is 3.76. The molecule has 1 aromatic heterocycles. The second-order valence-corrected chi connectivity index (χ2v) is 5.09. The van der Waals surface area contributed by atoms with Crippen LogP contribution in [-0.4, -0.2) is 10.9 Å². The van der Waals surface area contributed by atoms with Crippen molar-refractivity contribution in [3.05, 3.63) is 71.9 Å². The van der Waals surface area contributed by atoms with Crippen molar-refractivity contribution < 1.29 is 4.79 Å². The Labute approximate surface area is 124 Å². The SMILES string of the molecule is CC[C@@H](NC(=O)c1cccc2[nH]ccc12)c1ccccc1. The molecule has 0 radical (unpaired) electrons. The summed E-state index contributed by atoms with van der Waals surface area (Å²) < 4.78 is 0. The molecule has 2 aromatic carbocycles. The highest BCUT2D eigenvalue weighted by atomic mass is 16.1. The van der Waals surface area contributed by atoms with Gasteiger partial charge in [-0.2, -0.15) is 0 Å². The van der Waals surface area contributed by atoms with E-state index >= 15 is 0 Å². The quantitative estimate of drug-likeness (QED) is 0.743. The average molecular weight is 278 g/mol. The maximum atomic E-state index is 12.6. The number of hydrogen-bond acceptors (Lipinski definition) is 1. The molecular formula is C18H18N2O. The Morgan fingerprint density at radius 1 is 1.10 bits per heavy atom. The lowest BCUT2D eigenvalue weighted by Gasteiger charge is -2.17. The maximum Gasteiger partial charge on any atom is 0.252 e. The molecule has 0 unspecified atom stereocenters. The van der Waals surface area contributed by atoms with E-state index in [1.807, 2.05) is 60.8 Å². The number of carbonyl (C=O) groups is 1. The van der Waals surface area contributed by atoms with Gasteiger partial charge >= 0.3 is 0 Å². The second-order valence-electron chi connectivity index (χ2n) is 5.09. The largest absolute Gasteiger partial charge is 0.361 e. The molecule has 3 rings (SSSR count). The van der Waals surface area contributed by atoms with Crippen LogP contribution in [0.1, 0.15) is 35.3 Å². The summed E-state index contributed by atoms with van der Waals surface area (Å²) in [5.74, 6) is -0.0316. The van der Waals surface area contributed by atoms with Gasteiger partial charge in [0, 0.05) is 22.7 Å². The minimum Gasteiger partial charge on any atom is -0.361 e. The fraction of sp³-hybridized carbons (Fsp3) is 0.167. The molecule has 0 spiro atoms. The van der Waals surface area contributed by atoms with E-state index in [-0.39, 0.29) is 11.9 Å². The second kappa shape index (κ2) is 5.83. The molecule has 1 amide bonds.